The van der Waals surface area contributed by atoms with Crippen LogP contribution in [0.2, 0.25) is 0 Å². The Morgan fingerprint density at radius 2 is 2.05 bits per heavy atom. The van der Waals surface area contributed by atoms with E-state index in [2.05, 4.69) is 10.2 Å². The third-order valence-corrected chi connectivity index (χ3v) is 3.42. The van der Waals surface area contributed by atoms with Gasteiger partial charge in [0.25, 0.3) is 0 Å². The Morgan fingerprint density at radius 1 is 1.37 bits per heavy atom. The molecule has 1 amide bonds. The molecule has 2 rings (SSSR count). The van der Waals surface area contributed by atoms with E-state index in [-0.39, 0.29) is 17.7 Å². The quantitative estimate of drug-likeness (QED) is 0.786. The maximum absolute atomic E-state index is 11.7. The predicted molar refractivity (Wildman–Crippen MR) is 71.8 cm³/mol. The molecule has 0 unspecified atom stereocenters. The summed E-state index contributed by atoms with van der Waals surface area (Å²) in [5.41, 5.74) is 0. The van der Waals surface area contributed by atoms with Crippen LogP contribution in [0.4, 0.5) is 0 Å². The molecule has 1 aromatic heterocycles. The minimum absolute atomic E-state index is 0.0920. The van der Waals surface area contributed by atoms with Gasteiger partial charge in [0.15, 0.2) is 0 Å². The average molecular weight is 263 g/mol. The van der Waals surface area contributed by atoms with E-state index in [0.29, 0.717) is 5.89 Å². The lowest BCUT2D eigenvalue weighted by Gasteiger charge is -2.29. The standard InChI is InChI=1S/C14H21N3O2/c1-4-5-12(18)17-8-6-11(7-9-17)14-16-15-13(19-14)10(2)3/h4-5,10-11H,6-9H2,1-3H3. The first kappa shape index (κ1) is 13.8. The van der Waals surface area contributed by atoms with Gasteiger partial charge in [-0.05, 0) is 25.8 Å². The zero-order chi connectivity index (χ0) is 13.8. The molecule has 19 heavy (non-hydrogen) atoms. The number of hydrogen-bond acceptors (Lipinski definition) is 4. The van der Waals surface area contributed by atoms with E-state index in [1.807, 2.05) is 25.7 Å². The lowest BCUT2D eigenvalue weighted by Crippen LogP contribution is -2.36. The van der Waals surface area contributed by atoms with E-state index in [4.69, 9.17) is 4.42 Å². The van der Waals surface area contributed by atoms with Gasteiger partial charge in [-0.1, -0.05) is 19.9 Å². The van der Waals surface area contributed by atoms with Crippen LogP contribution in [0, 0.1) is 0 Å². The molecule has 5 heteroatoms. The molecule has 0 atom stereocenters. The minimum Gasteiger partial charge on any atom is -0.425 e. The first-order valence-corrected chi connectivity index (χ1v) is 6.86. The Kier molecular flexibility index (Phi) is 4.35. The van der Waals surface area contributed by atoms with Gasteiger partial charge in [0, 0.05) is 24.9 Å². The number of likely N-dealkylation sites (tertiary alicyclic amines) is 1. The van der Waals surface area contributed by atoms with Gasteiger partial charge < -0.3 is 9.32 Å². The maximum Gasteiger partial charge on any atom is 0.246 e. The molecule has 0 bridgehead atoms. The zero-order valence-corrected chi connectivity index (χ0v) is 11.8. The van der Waals surface area contributed by atoms with E-state index in [1.165, 1.54) is 0 Å². The minimum atomic E-state index is 0.0920. The smallest absolute Gasteiger partial charge is 0.246 e. The van der Waals surface area contributed by atoms with Gasteiger partial charge >= 0.3 is 0 Å². The van der Waals surface area contributed by atoms with Crippen molar-refractivity contribution in [2.45, 2.75) is 45.4 Å². The topological polar surface area (TPSA) is 59.2 Å². The number of carbonyl (C=O) groups is 1. The second kappa shape index (κ2) is 5.99. The molecule has 1 aromatic rings. The molecule has 1 aliphatic heterocycles. The summed E-state index contributed by atoms with van der Waals surface area (Å²) < 4.78 is 5.69. The van der Waals surface area contributed by atoms with Gasteiger partial charge in [-0.25, -0.2) is 0 Å². The zero-order valence-electron chi connectivity index (χ0n) is 11.8. The van der Waals surface area contributed by atoms with Crippen molar-refractivity contribution in [1.29, 1.82) is 0 Å². The van der Waals surface area contributed by atoms with Crippen LogP contribution in [0.15, 0.2) is 16.6 Å². The van der Waals surface area contributed by atoms with E-state index >= 15 is 0 Å². The number of hydrogen-bond donors (Lipinski definition) is 0. The molecule has 0 spiro atoms. The molecule has 0 N–H and O–H groups in total. The number of piperidine rings is 1. The molecular formula is C14H21N3O2. The summed E-state index contributed by atoms with van der Waals surface area (Å²) in [7, 11) is 0. The van der Waals surface area contributed by atoms with Gasteiger partial charge in [0.2, 0.25) is 17.7 Å². The van der Waals surface area contributed by atoms with Crippen molar-refractivity contribution >= 4 is 5.91 Å². The van der Waals surface area contributed by atoms with Crippen molar-refractivity contribution in [3.8, 4) is 0 Å². The largest absolute Gasteiger partial charge is 0.425 e. The number of allylic oxidation sites excluding steroid dienone is 1. The second-order valence-corrected chi connectivity index (χ2v) is 5.23. The van der Waals surface area contributed by atoms with Gasteiger partial charge in [0.05, 0.1) is 0 Å². The fourth-order valence-electron chi connectivity index (χ4n) is 2.24. The molecule has 5 nitrogen and oxygen atoms in total. The first-order chi connectivity index (χ1) is 9.11. The van der Waals surface area contributed by atoms with Crippen LogP contribution in [0.3, 0.4) is 0 Å². The summed E-state index contributed by atoms with van der Waals surface area (Å²) in [6, 6.07) is 0. The van der Waals surface area contributed by atoms with Crippen LogP contribution in [-0.4, -0.2) is 34.1 Å². The number of aromatic nitrogens is 2. The third kappa shape index (κ3) is 3.22. The van der Waals surface area contributed by atoms with Crippen molar-refractivity contribution in [3.05, 3.63) is 23.9 Å². The fourth-order valence-corrected chi connectivity index (χ4v) is 2.24. The van der Waals surface area contributed by atoms with Crippen molar-refractivity contribution in [2.24, 2.45) is 0 Å². The van der Waals surface area contributed by atoms with Crippen LogP contribution in [-0.2, 0) is 4.79 Å². The van der Waals surface area contributed by atoms with E-state index in [0.717, 1.165) is 31.8 Å². The third-order valence-electron chi connectivity index (χ3n) is 3.42. The van der Waals surface area contributed by atoms with Crippen LogP contribution in [0.1, 0.15) is 57.2 Å². The molecular weight excluding hydrogens is 242 g/mol. The summed E-state index contributed by atoms with van der Waals surface area (Å²) in [6.07, 6.45) is 5.18. The number of nitrogens with zero attached hydrogens (tertiary/aromatic N) is 3. The van der Waals surface area contributed by atoms with E-state index < -0.39 is 0 Å². The van der Waals surface area contributed by atoms with Crippen molar-refractivity contribution in [1.82, 2.24) is 15.1 Å². The van der Waals surface area contributed by atoms with E-state index in [9.17, 15) is 4.79 Å². The summed E-state index contributed by atoms with van der Waals surface area (Å²) in [4.78, 5) is 13.6. The summed E-state index contributed by atoms with van der Waals surface area (Å²) in [5, 5.41) is 8.20. The lowest BCUT2D eigenvalue weighted by molar-refractivity contribution is -0.127. The van der Waals surface area contributed by atoms with Gasteiger partial charge in [-0.3, -0.25) is 4.79 Å². The number of rotatable bonds is 3. The molecule has 0 aromatic carbocycles. The number of amides is 1. The average Bonchev–Trinajstić information content (AvgIpc) is 2.89. The monoisotopic (exact) mass is 263 g/mol. The van der Waals surface area contributed by atoms with E-state index in [1.54, 1.807) is 12.2 Å². The Hall–Kier alpha value is -1.65. The second-order valence-electron chi connectivity index (χ2n) is 5.23. The normalized spacial score (nSPS) is 17.6. The molecule has 1 saturated heterocycles. The number of carbonyl (C=O) groups excluding carboxylic acids is 1. The summed E-state index contributed by atoms with van der Waals surface area (Å²) >= 11 is 0. The molecule has 104 valence electrons. The molecule has 0 saturated carbocycles. The Morgan fingerprint density at radius 3 is 2.58 bits per heavy atom. The van der Waals surface area contributed by atoms with Crippen molar-refractivity contribution in [3.63, 3.8) is 0 Å². The first-order valence-electron chi connectivity index (χ1n) is 6.86. The highest BCUT2D eigenvalue weighted by Crippen LogP contribution is 2.28. The Bertz CT molecular complexity index is 457. The molecule has 2 heterocycles. The maximum atomic E-state index is 11.7. The van der Waals surface area contributed by atoms with Crippen molar-refractivity contribution in [2.75, 3.05) is 13.1 Å². The predicted octanol–water partition coefficient (Wildman–Crippen LogP) is 2.48. The van der Waals surface area contributed by atoms with Crippen LogP contribution < -0.4 is 0 Å². The van der Waals surface area contributed by atoms with Gasteiger partial charge in [-0.2, -0.15) is 0 Å². The molecule has 0 aliphatic carbocycles. The molecule has 1 fully saturated rings. The molecule has 1 aliphatic rings. The lowest BCUT2D eigenvalue weighted by atomic mass is 9.97. The van der Waals surface area contributed by atoms with Gasteiger partial charge in [0.1, 0.15) is 0 Å². The summed E-state index contributed by atoms with van der Waals surface area (Å²) in [5.74, 6) is 2.06. The van der Waals surface area contributed by atoms with Gasteiger partial charge in [-0.15, -0.1) is 10.2 Å². The van der Waals surface area contributed by atoms with Crippen LogP contribution >= 0.6 is 0 Å². The SMILES string of the molecule is CC=CC(=O)N1CCC(c2nnc(C(C)C)o2)CC1. The van der Waals surface area contributed by atoms with Crippen LogP contribution in [0.5, 0.6) is 0 Å². The van der Waals surface area contributed by atoms with Crippen LogP contribution in [0.25, 0.3) is 0 Å². The highest BCUT2D eigenvalue weighted by atomic mass is 16.4. The summed E-state index contributed by atoms with van der Waals surface area (Å²) in [6.45, 7) is 7.45. The Labute approximate surface area is 113 Å². The Balaban J connectivity index is 1.94. The fraction of sp³-hybridized carbons (Fsp3) is 0.643. The highest BCUT2D eigenvalue weighted by molar-refractivity contribution is 5.87. The van der Waals surface area contributed by atoms with Crippen molar-refractivity contribution < 1.29 is 9.21 Å². The molecule has 0 radical (unpaired) electrons. The highest BCUT2D eigenvalue weighted by Gasteiger charge is 2.26.